The number of carbonyl (C=O) groups is 1. The fourth-order valence-electron chi connectivity index (χ4n) is 7.90. The van der Waals surface area contributed by atoms with Crippen LogP contribution in [-0.2, 0) is 11.3 Å². The Labute approximate surface area is 170 Å². The molecule has 0 aromatic carbocycles. The Balaban J connectivity index is 1.45. The van der Waals surface area contributed by atoms with E-state index in [0.29, 0.717) is 17.1 Å². The Hall–Kier alpha value is -1.38. The quantitative estimate of drug-likeness (QED) is 0.599. The molecule has 0 radical (unpaired) electrons. The molecule has 1 heterocycles. The summed E-state index contributed by atoms with van der Waals surface area (Å²) in [7, 11) is 0. The average molecular weight is 381 g/mol. The van der Waals surface area contributed by atoms with Crippen LogP contribution in [0.25, 0.3) is 6.08 Å². The zero-order chi connectivity index (χ0) is 19.5. The number of carbonyl (C=O) groups excluding carboxylic acids is 1. The molecule has 0 saturated heterocycles. The van der Waals surface area contributed by atoms with E-state index in [-0.39, 0.29) is 5.41 Å². The predicted octanol–water partition coefficient (Wildman–Crippen LogP) is 5.90. The van der Waals surface area contributed by atoms with Crippen LogP contribution in [0.3, 0.4) is 0 Å². The second kappa shape index (κ2) is 6.57. The van der Waals surface area contributed by atoms with Gasteiger partial charge in [-0.05, 0) is 98.7 Å². The Kier molecular flexibility index (Phi) is 4.37. The summed E-state index contributed by atoms with van der Waals surface area (Å²) in [5.41, 5.74) is 2.41. The lowest BCUT2D eigenvalue weighted by molar-refractivity contribution is -0.137. The number of nitrogens with zero attached hydrogens (tertiary/aromatic N) is 2. The fraction of sp³-hybridized carbons (Fsp3) is 0.760. The van der Waals surface area contributed by atoms with Crippen LogP contribution in [-0.4, -0.2) is 15.6 Å². The summed E-state index contributed by atoms with van der Waals surface area (Å²) < 4.78 is 1.95. The van der Waals surface area contributed by atoms with Crippen LogP contribution in [0.1, 0.15) is 84.3 Å². The Morgan fingerprint density at radius 3 is 2.79 bits per heavy atom. The number of hydrogen-bond donors (Lipinski definition) is 0. The van der Waals surface area contributed by atoms with E-state index in [1.54, 1.807) is 0 Å². The normalized spacial score (nSPS) is 44.2. The van der Waals surface area contributed by atoms with E-state index in [0.717, 1.165) is 48.4 Å². The highest BCUT2D eigenvalue weighted by atomic mass is 16.1. The molecule has 0 N–H and O–H groups in total. The van der Waals surface area contributed by atoms with Gasteiger partial charge in [-0.15, -0.1) is 0 Å². The number of aromatic nitrogens is 2. The molecule has 4 aliphatic rings. The topological polar surface area (TPSA) is 34.9 Å². The molecule has 1 aromatic heterocycles. The van der Waals surface area contributed by atoms with Gasteiger partial charge in [0, 0.05) is 18.2 Å². The highest BCUT2D eigenvalue weighted by molar-refractivity contribution is 6.05. The number of fused-ring (bicyclic) bond motifs is 5. The van der Waals surface area contributed by atoms with E-state index in [4.69, 9.17) is 0 Å². The number of rotatable bonds is 2. The van der Waals surface area contributed by atoms with E-state index >= 15 is 0 Å². The van der Waals surface area contributed by atoms with Gasteiger partial charge in [-0.1, -0.05) is 26.7 Å². The van der Waals surface area contributed by atoms with Crippen LogP contribution in [0.2, 0.25) is 0 Å². The minimum absolute atomic E-state index is 0.127. The van der Waals surface area contributed by atoms with Crippen LogP contribution in [0.15, 0.2) is 17.8 Å². The maximum Gasteiger partial charge on any atom is 0.165 e. The van der Waals surface area contributed by atoms with Gasteiger partial charge in [0.1, 0.15) is 0 Å². The molecule has 1 aromatic rings. The van der Waals surface area contributed by atoms with E-state index < -0.39 is 0 Å². The molecule has 0 bridgehead atoms. The molecule has 3 nitrogen and oxygen atoms in total. The van der Waals surface area contributed by atoms with Gasteiger partial charge >= 0.3 is 0 Å². The molecule has 4 fully saturated rings. The molecular formula is C25H36N2O. The molecule has 4 saturated carbocycles. The third-order valence-corrected chi connectivity index (χ3v) is 9.53. The van der Waals surface area contributed by atoms with Crippen molar-refractivity contribution in [3.05, 3.63) is 23.5 Å². The summed E-state index contributed by atoms with van der Waals surface area (Å²) in [6.07, 6.45) is 16.0. The lowest BCUT2D eigenvalue weighted by atomic mass is 9.45. The molecule has 6 atom stereocenters. The summed E-state index contributed by atoms with van der Waals surface area (Å²) in [5, 5.41) is 4.60. The summed E-state index contributed by atoms with van der Waals surface area (Å²) >= 11 is 0. The highest BCUT2D eigenvalue weighted by Gasteiger charge is 2.60. The van der Waals surface area contributed by atoms with Crippen LogP contribution in [0.5, 0.6) is 0 Å². The molecule has 4 aliphatic carbocycles. The minimum atomic E-state index is -0.127. The van der Waals surface area contributed by atoms with Crippen molar-refractivity contribution in [1.29, 1.82) is 0 Å². The zero-order valence-electron chi connectivity index (χ0n) is 17.9. The van der Waals surface area contributed by atoms with Crippen LogP contribution < -0.4 is 0 Å². The van der Waals surface area contributed by atoms with Crippen molar-refractivity contribution in [2.45, 2.75) is 85.1 Å². The summed E-state index contributed by atoms with van der Waals surface area (Å²) in [6, 6.07) is 2.05. The summed E-state index contributed by atoms with van der Waals surface area (Å²) in [4.78, 5) is 13.5. The van der Waals surface area contributed by atoms with Crippen molar-refractivity contribution in [2.75, 3.05) is 0 Å². The van der Waals surface area contributed by atoms with E-state index in [1.165, 1.54) is 44.9 Å². The molecule has 28 heavy (non-hydrogen) atoms. The lowest BCUT2D eigenvalue weighted by Gasteiger charge is -2.59. The Morgan fingerprint density at radius 2 is 2.00 bits per heavy atom. The second-order valence-electron chi connectivity index (χ2n) is 10.7. The molecule has 152 valence electrons. The largest absolute Gasteiger partial charge is 0.294 e. The Bertz CT molecular complexity index is 807. The highest BCUT2D eigenvalue weighted by Crippen LogP contribution is 2.66. The first kappa shape index (κ1) is 18.6. The third kappa shape index (κ3) is 2.60. The predicted molar refractivity (Wildman–Crippen MR) is 113 cm³/mol. The van der Waals surface area contributed by atoms with Crippen molar-refractivity contribution in [3.8, 4) is 0 Å². The van der Waals surface area contributed by atoms with Crippen molar-refractivity contribution in [3.63, 3.8) is 0 Å². The number of allylic oxidation sites excluding steroid dienone is 1. The van der Waals surface area contributed by atoms with E-state index in [2.05, 4.69) is 31.9 Å². The van der Waals surface area contributed by atoms with Crippen molar-refractivity contribution in [1.82, 2.24) is 9.78 Å². The number of aryl methyl sites for hydroxylation is 1. The molecule has 5 rings (SSSR count). The van der Waals surface area contributed by atoms with Crippen LogP contribution in [0.4, 0.5) is 0 Å². The zero-order valence-corrected chi connectivity index (χ0v) is 17.9. The van der Waals surface area contributed by atoms with Gasteiger partial charge < -0.3 is 0 Å². The summed E-state index contributed by atoms with van der Waals surface area (Å²) in [5.74, 6) is 3.52. The monoisotopic (exact) mass is 380 g/mol. The minimum Gasteiger partial charge on any atom is -0.294 e. The maximum absolute atomic E-state index is 13.5. The van der Waals surface area contributed by atoms with Gasteiger partial charge in [-0.3, -0.25) is 9.48 Å². The van der Waals surface area contributed by atoms with Gasteiger partial charge in [0.25, 0.3) is 0 Å². The van der Waals surface area contributed by atoms with E-state index in [1.807, 2.05) is 16.9 Å². The first-order valence-electron chi connectivity index (χ1n) is 11.7. The SMILES string of the molecule is CCn1ccc(/C=C2\C[C@H]3[C@@H]4CC[C@@H]5CCCC[C@]5(C)[C@H]4CC[C@]3(C)C2=O)n1. The first-order chi connectivity index (χ1) is 13.5. The third-order valence-electron chi connectivity index (χ3n) is 9.53. The molecule has 0 aliphatic heterocycles. The maximum atomic E-state index is 13.5. The number of hydrogen-bond acceptors (Lipinski definition) is 2. The van der Waals surface area contributed by atoms with Crippen molar-refractivity contribution >= 4 is 11.9 Å². The van der Waals surface area contributed by atoms with Gasteiger partial charge in [-0.2, -0.15) is 5.10 Å². The van der Waals surface area contributed by atoms with Crippen LogP contribution >= 0.6 is 0 Å². The van der Waals surface area contributed by atoms with Gasteiger partial charge in [0.15, 0.2) is 5.78 Å². The van der Waals surface area contributed by atoms with Crippen LogP contribution in [0, 0.1) is 34.5 Å². The molecule has 3 heteroatoms. The average Bonchev–Trinajstić information content (AvgIpc) is 3.25. The lowest BCUT2D eigenvalue weighted by Crippen LogP contribution is -2.52. The molecular weight excluding hydrogens is 344 g/mol. The first-order valence-corrected chi connectivity index (χ1v) is 11.7. The van der Waals surface area contributed by atoms with Gasteiger partial charge in [0.2, 0.25) is 0 Å². The van der Waals surface area contributed by atoms with E-state index in [9.17, 15) is 4.79 Å². The summed E-state index contributed by atoms with van der Waals surface area (Å²) in [6.45, 7) is 7.88. The standard InChI is InChI=1S/C25H36N2O/c1-4-27-14-11-19(26-27)15-17-16-22-20-9-8-18-7-5-6-12-24(18,2)21(20)10-13-25(22,3)23(17)28/h11,14-15,18,20-22H,4-10,12-13,16H2,1-3H3/b17-15+/t18-,20+,21-,22-,24-,25-/m0/s1. The molecule has 0 amide bonds. The molecule has 0 spiro atoms. The molecule has 0 unspecified atom stereocenters. The number of Topliss-reactive ketones (excluding diaryl/α,β-unsaturated/α-hetero) is 1. The number of ketones is 1. The Morgan fingerprint density at radius 1 is 1.14 bits per heavy atom. The van der Waals surface area contributed by atoms with Gasteiger partial charge in [-0.25, -0.2) is 0 Å². The fourth-order valence-corrected chi connectivity index (χ4v) is 7.90. The van der Waals surface area contributed by atoms with Gasteiger partial charge in [0.05, 0.1) is 5.69 Å². The second-order valence-corrected chi connectivity index (χ2v) is 10.7. The van der Waals surface area contributed by atoms with Crippen molar-refractivity contribution in [2.24, 2.45) is 34.5 Å². The smallest absolute Gasteiger partial charge is 0.165 e. The van der Waals surface area contributed by atoms with Crippen molar-refractivity contribution < 1.29 is 4.79 Å².